The molecule has 0 atom stereocenters. The maximum atomic E-state index is 12.3. The Balaban J connectivity index is 2.88. The van der Waals surface area contributed by atoms with Crippen LogP contribution in [-0.4, -0.2) is 53.2 Å². The van der Waals surface area contributed by atoms with Crippen molar-refractivity contribution in [3.63, 3.8) is 0 Å². The number of ether oxygens (including phenoxy) is 2. The van der Waals surface area contributed by atoms with Crippen molar-refractivity contribution >= 4 is 33.0 Å². The third-order valence-electron chi connectivity index (χ3n) is 2.23. The Kier molecular flexibility index (Phi) is 6.54. The quantitative estimate of drug-likeness (QED) is 0.733. The average Bonchev–Trinajstić information content (AvgIpc) is 2.76. The Morgan fingerprint density at radius 2 is 1.78 bits per heavy atom. The average molecular weight is 314 g/mol. The molecule has 1 aromatic heterocycles. The van der Waals surface area contributed by atoms with Gasteiger partial charge in [-0.2, -0.15) is 4.31 Å². The Bertz CT molecular complexity index is 452. The minimum absolute atomic E-state index is 0.236. The lowest BCUT2D eigenvalue weighted by atomic mass is 10.6. The number of rotatable bonds is 8. The maximum Gasteiger partial charge on any atom is 0.252 e. The number of hydrogen-bond donors (Lipinski definition) is 0. The van der Waals surface area contributed by atoms with E-state index >= 15 is 0 Å². The molecule has 1 aromatic rings. The van der Waals surface area contributed by atoms with Crippen molar-refractivity contribution in [3.05, 3.63) is 16.5 Å². The van der Waals surface area contributed by atoms with E-state index in [1.165, 1.54) is 24.6 Å². The van der Waals surface area contributed by atoms with Crippen LogP contribution in [0.3, 0.4) is 0 Å². The minimum Gasteiger partial charge on any atom is -0.383 e. The van der Waals surface area contributed by atoms with E-state index in [1.807, 2.05) is 0 Å². The molecular weight excluding hydrogens is 298 g/mol. The van der Waals surface area contributed by atoms with E-state index < -0.39 is 10.0 Å². The fourth-order valence-electron chi connectivity index (χ4n) is 1.30. The Morgan fingerprint density at radius 3 is 2.17 bits per heavy atom. The third-order valence-corrected chi connectivity index (χ3v) is 5.83. The normalized spacial score (nSPS) is 12.2. The molecule has 0 saturated carbocycles. The summed E-state index contributed by atoms with van der Waals surface area (Å²) < 4.78 is 36.5. The Morgan fingerprint density at radius 1 is 1.22 bits per heavy atom. The van der Waals surface area contributed by atoms with Gasteiger partial charge in [0, 0.05) is 27.3 Å². The van der Waals surface area contributed by atoms with Crippen LogP contribution >= 0.6 is 22.9 Å². The van der Waals surface area contributed by atoms with Crippen LogP contribution in [-0.2, 0) is 19.5 Å². The smallest absolute Gasteiger partial charge is 0.252 e. The van der Waals surface area contributed by atoms with Gasteiger partial charge in [-0.15, -0.1) is 11.3 Å². The molecule has 0 amide bonds. The van der Waals surface area contributed by atoms with Gasteiger partial charge < -0.3 is 9.47 Å². The summed E-state index contributed by atoms with van der Waals surface area (Å²) in [4.78, 5) is 0. The van der Waals surface area contributed by atoms with Crippen LogP contribution in [0.25, 0.3) is 0 Å². The van der Waals surface area contributed by atoms with E-state index in [4.69, 9.17) is 21.1 Å². The molecule has 1 heterocycles. The molecule has 0 aliphatic rings. The van der Waals surface area contributed by atoms with E-state index in [0.29, 0.717) is 17.6 Å². The topological polar surface area (TPSA) is 55.8 Å². The van der Waals surface area contributed by atoms with Gasteiger partial charge in [0.1, 0.15) is 4.21 Å². The van der Waals surface area contributed by atoms with Gasteiger partial charge in [0.25, 0.3) is 10.0 Å². The molecule has 0 aliphatic heterocycles. The monoisotopic (exact) mass is 313 g/mol. The molecule has 8 heteroatoms. The molecule has 5 nitrogen and oxygen atoms in total. The zero-order valence-corrected chi connectivity index (χ0v) is 12.6. The summed E-state index contributed by atoms with van der Waals surface area (Å²) in [5.74, 6) is 0. The highest BCUT2D eigenvalue weighted by molar-refractivity contribution is 7.91. The molecule has 0 saturated heterocycles. The molecule has 0 aliphatic carbocycles. The molecule has 0 radical (unpaired) electrons. The van der Waals surface area contributed by atoms with E-state index in [2.05, 4.69) is 0 Å². The van der Waals surface area contributed by atoms with Crippen molar-refractivity contribution in [2.45, 2.75) is 4.21 Å². The van der Waals surface area contributed by atoms with Crippen LogP contribution in [0.15, 0.2) is 16.3 Å². The van der Waals surface area contributed by atoms with Gasteiger partial charge in [0.2, 0.25) is 0 Å². The molecule has 0 spiro atoms. The summed E-state index contributed by atoms with van der Waals surface area (Å²) in [6.45, 7) is 1.25. The third kappa shape index (κ3) is 4.18. The van der Waals surface area contributed by atoms with Gasteiger partial charge in [-0.3, -0.25) is 0 Å². The SMILES string of the molecule is COCCN(CCOC)S(=O)(=O)c1ccc(Cl)s1. The standard InChI is InChI=1S/C10H16ClNO4S2/c1-15-7-5-12(6-8-16-2)18(13,14)10-4-3-9(11)17-10/h3-4H,5-8H2,1-2H3. The lowest BCUT2D eigenvalue weighted by Gasteiger charge is -2.20. The highest BCUT2D eigenvalue weighted by Gasteiger charge is 2.25. The van der Waals surface area contributed by atoms with E-state index in [-0.39, 0.29) is 17.3 Å². The highest BCUT2D eigenvalue weighted by atomic mass is 35.5. The number of sulfonamides is 1. The van der Waals surface area contributed by atoms with Crippen molar-refractivity contribution in [1.82, 2.24) is 4.31 Å². The van der Waals surface area contributed by atoms with Gasteiger partial charge in [0.05, 0.1) is 17.6 Å². The van der Waals surface area contributed by atoms with Crippen LogP contribution in [0.2, 0.25) is 4.34 Å². The second-order valence-corrected chi connectivity index (χ2v) is 7.33. The molecule has 104 valence electrons. The van der Waals surface area contributed by atoms with E-state index in [1.54, 1.807) is 6.07 Å². The zero-order chi connectivity index (χ0) is 13.6. The minimum atomic E-state index is -3.52. The first-order valence-corrected chi connectivity index (χ1v) is 7.89. The van der Waals surface area contributed by atoms with Crippen LogP contribution in [0.5, 0.6) is 0 Å². The number of halogens is 1. The molecule has 0 aromatic carbocycles. The molecule has 0 N–H and O–H groups in total. The summed E-state index contributed by atoms with van der Waals surface area (Å²) in [6.07, 6.45) is 0. The Labute approximate surface area is 116 Å². The van der Waals surface area contributed by atoms with Crippen molar-refractivity contribution in [3.8, 4) is 0 Å². The predicted molar refractivity (Wildman–Crippen MR) is 71.8 cm³/mol. The fourth-order valence-corrected chi connectivity index (χ4v) is 4.35. The van der Waals surface area contributed by atoms with Crippen LogP contribution in [0, 0.1) is 0 Å². The molecule has 0 unspecified atom stereocenters. The molecule has 1 rings (SSSR count). The van der Waals surface area contributed by atoms with Crippen LogP contribution < -0.4 is 0 Å². The largest absolute Gasteiger partial charge is 0.383 e. The van der Waals surface area contributed by atoms with Gasteiger partial charge in [-0.1, -0.05) is 11.6 Å². The van der Waals surface area contributed by atoms with Gasteiger partial charge in [0.15, 0.2) is 0 Å². The molecule has 0 bridgehead atoms. The predicted octanol–water partition coefficient (Wildman–Crippen LogP) is 1.68. The van der Waals surface area contributed by atoms with Gasteiger partial charge >= 0.3 is 0 Å². The van der Waals surface area contributed by atoms with Gasteiger partial charge in [-0.25, -0.2) is 8.42 Å². The van der Waals surface area contributed by atoms with Gasteiger partial charge in [-0.05, 0) is 12.1 Å². The summed E-state index contributed by atoms with van der Waals surface area (Å²) in [5.41, 5.74) is 0. The fraction of sp³-hybridized carbons (Fsp3) is 0.600. The number of methoxy groups -OCH3 is 2. The zero-order valence-electron chi connectivity index (χ0n) is 10.3. The summed E-state index contributed by atoms with van der Waals surface area (Å²) in [6, 6.07) is 3.08. The molecule has 18 heavy (non-hydrogen) atoms. The first-order valence-electron chi connectivity index (χ1n) is 5.25. The second-order valence-electron chi connectivity index (χ2n) is 3.45. The number of hydrogen-bond acceptors (Lipinski definition) is 5. The van der Waals surface area contributed by atoms with Crippen molar-refractivity contribution in [2.75, 3.05) is 40.5 Å². The van der Waals surface area contributed by atoms with E-state index in [9.17, 15) is 8.42 Å². The van der Waals surface area contributed by atoms with Crippen molar-refractivity contribution in [2.24, 2.45) is 0 Å². The lowest BCUT2D eigenvalue weighted by molar-refractivity contribution is 0.150. The Hall–Kier alpha value is -0.180. The van der Waals surface area contributed by atoms with Crippen LogP contribution in [0.1, 0.15) is 0 Å². The number of nitrogens with zero attached hydrogens (tertiary/aromatic N) is 1. The summed E-state index contributed by atoms with van der Waals surface area (Å²) in [5, 5.41) is 0. The van der Waals surface area contributed by atoms with Crippen molar-refractivity contribution in [1.29, 1.82) is 0 Å². The van der Waals surface area contributed by atoms with Crippen molar-refractivity contribution < 1.29 is 17.9 Å². The maximum absolute atomic E-state index is 12.3. The van der Waals surface area contributed by atoms with E-state index in [0.717, 1.165) is 11.3 Å². The lowest BCUT2D eigenvalue weighted by Crippen LogP contribution is -2.36. The summed E-state index contributed by atoms with van der Waals surface area (Å²) >= 11 is 6.81. The molecule has 0 fully saturated rings. The highest BCUT2D eigenvalue weighted by Crippen LogP contribution is 2.27. The second kappa shape index (κ2) is 7.42. The first kappa shape index (κ1) is 15.9. The number of thiophene rings is 1. The van der Waals surface area contributed by atoms with Crippen LogP contribution in [0.4, 0.5) is 0 Å². The summed E-state index contributed by atoms with van der Waals surface area (Å²) in [7, 11) is -0.456. The molecular formula is C10H16ClNO4S2. The first-order chi connectivity index (χ1) is 8.52.